The van der Waals surface area contributed by atoms with Gasteiger partial charge in [0.2, 0.25) is 5.89 Å². The van der Waals surface area contributed by atoms with Gasteiger partial charge in [-0.3, -0.25) is 0 Å². The zero-order chi connectivity index (χ0) is 13.8. The summed E-state index contributed by atoms with van der Waals surface area (Å²) in [5.41, 5.74) is 1.23. The minimum absolute atomic E-state index is 0.0785. The SMILES string of the molecule is CC(NCc1cc[nH]c1)c1nc(C2CCCCC2)no1. The topological polar surface area (TPSA) is 66.7 Å². The third-order valence-electron chi connectivity index (χ3n) is 4.07. The van der Waals surface area contributed by atoms with E-state index < -0.39 is 0 Å². The summed E-state index contributed by atoms with van der Waals surface area (Å²) in [6.45, 7) is 2.86. The Kier molecular flexibility index (Phi) is 4.16. The van der Waals surface area contributed by atoms with E-state index in [2.05, 4.69) is 33.4 Å². The zero-order valence-corrected chi connectivity index (χ0v) is 11.9. The van der Waals surface area contributed by atoms with Crippen molar-refractivity contribution >= 4 is 0 Å². The number of hydrogen-bond donors (Lipinski definition) is 2. The van der Waals surface area contributed by atoms with Gasteiger partial charge in [0.1, 0.15) is 0 Å². The molecule has 2 aromatic rings. The maximum Gasteiger partial charge on any atom is 0.243 e. The van der Waals surface area contributed by atoms with Crippen LogP contribution in [0.3, 0.4) is 0 Å². The molecule has 3 rings (SSSR count). The number of nitrogens with one attached hydrogen (secondary N) is 2. The first-order valence-electron chi connectivity index (χ1n) is 7.51. The molecule has 1 unspecified atom stereocenters. The fraction of sp³-hybridized carbons (Fsp3) is 0.600. The van der Waals surface area contributed by atoms with Crippen LogP contribution in [0.5, 0.6) is 0 Å². The lowest BCUT2D eigenvalue weighted by Gasteiger charge is -2.17. The number of nitrogens with zero attached hydrogens (tertiary/aromatic N) is 2. The van der Waals surface area contributed by atoms with Crippen LogP contribution in [0.25, 0.3) is 0 Å². The van der Waals surface area contributed by atoms with Gasteiger partial charge >= 0.3 is 0 Å². The smallest absolute Gasteiger partial charge is 0.243 e. The van der Waals surface area contributed by atoms with E-state index in [0.717, 1.165) is 12.4 Å². The summed E-state index contributed by atoms with van der Waals surface area (Å²) in [5, 5.41) is 7.57. The van der Waals surface area contributed by atoms with E-state index in [9.17, 15) is 0 Å². The largest absolute Gasteiger partial charge is 0.367 e. The molecule has 1 atom stereocenters. The van der Waals surface area contributed by atoms with E-state index >= 15 is 0 Å². The van der Waals surface area contributed by atoms with E-state index in [0.29, 0.717) is 11.8 Å². The second-order valence-corrected chi connectivity index (χ2v) is 5.65. The maximum absolute atomic E-state index is 5.42. The van der Waals surface area contributed by atoms with Crippen LogP contribution in [0.4, 0.5) is 0 Å². The Morgan fingerprint density at radius 3 is 3.00 bits per heavy atom. The lowest BCUT2D eigenvalue weighted by atomic mass is 9.89. The Bertz CT molecular complexity index is 514. The molecular formula is C15H22N4O. The monoisotopic (exact) mass is 274 g/mol. The fourth-order valence-electron chi connectivity index (χ4n) is 2.78. The molecule has 1 fully saturated rings. The molecule has 0 aliphatic heterocycles. The molecule has 1 aliphatic rings. The van der Waals surface area contributed by atoms with Crippen LogP contribution in [0.1, 0.15) is 68.3 Å². The van der Waals surface area contributed by atoms with Crippen LogP contribution in [-0.2, 0) is 6.54 Å². The molecule has 5 heteroatoms. The Morgan fingerprint density at radius 2 is 2.25 bits per heavy atom. The van der Waals surface area contributed by atoms with Crippen molar-refractivity contribution in [1.82, 2.24) is 20.4 Å². The van der Waals surface area contributed by atoms with Crippen molar-refractivity contribution in [2.45, 2.75) is 57.5 Å². The van der Waals surface area contributed by atoms with Crippen molar-refractivity contribution in [2.24, 2.45) is 0 Å². The van der Waals surface area contributed by atoms with Crippen LogP contribution in [0, 0.1) is 0 Å². The fourth-order valence-corrected chi connectivity index (χ4v) is 2.78. The van der Waals surface area contributed by atoms with Crippen molar-refractivity contribution in [1.29, 1.82) is 0 Å². The predicted molar refractivity (Wildman–Crippen MR) is 76.2 cm³/mol. The number of aromatic nitrogens is 3. The molecule has 2 N–H and O–H groups in total. The summed E-state index contributed by atoms with van der Waals surface area (Å²) in [5.74, 6) is 2.09. The second kappa shape index (κ2) is 6.22. The minimum atomic E-state index is 0.0785. The highest BCUT2D eigenvalue weighted by molar-refractivity contribution is 5.08. The maximum atomic E-state index is 5.42. The van der Waals surface area contributed by atoms with E-state index in [1.165, 1.54) is 37.7 Å². The number of rotatable bonds is 5. The van der Waals surface area contributed by atoms with Gasteiger partial charge in [-0.2, -0.15) is 4.98 Å². The lowest BCUT2D eigenvalue weighted by molar-refractivity contribution is 0.329. The molecule has 0 amide bonds. The lowest BCUT2D eigenvalue weighted by Crippen LogP contribution is -2.18. The average molecular weight is 274 g/mol. The van der Waals surface area contributed by atoms with Gasteiger partial charge in [0.05, 0.1) is 6.04 Å². The minimum Gasteiger partial charge on any atom is -0.367 e. The Hall–Kier alpha value is -1.62. The van der Waals surface area contributed by atoms with Crippen molar-refractivity contribution in [3.8, 4) is 0 Å². The summed E-state index contributed by atoms with van der Waals surface area (Å²) in [6, 6.07) is 2.14. The van der Waals surface area contributed by atoms with Gasteiger partial charge in [-0.05, 0) is 31.4 Å². The molecule has 0 bridgehead atoms. The summed E-state index contributed by atoms with van der Waals surface area (Å²) in [6.07, 6.45) is 10.2. The van der Waals surface area contributed by atoms with E-state index in [4.69, 9.17) is 4.52 Å². The van der Waals surface area contributed by atoms with Crippen molar-refractivity contribution in [3.63, 3.8) is 0 Å². The number of H-pyrrole nitrogens is 1. The molecule has 2 heterocycles. The zero-order valence-electron chi connectivity index (χ0n) is 11.9. The molecule has 5 nitrogen and oxygen atoms in total. The van der Waals surface area contributed by atoms with Gasteiger partial charge in [-0.15, -0.1) is 0 Å². The molecular weight excluding hydrogens is 252 g/mol. The molecule has 0 spiro atoms. The highest BCUT2D eigenvalue weighted by atomic mass is 16.5. The summed E-state index contributed by atoms with van der Waals surface area (Å²) in [7, 11) is 0. The van der Waals surface area contributed by atoms with Crippen LogP contribution in [0.2, 0.25) is 0 Å². The molecule has 108 valence electrons. The highest BCUT2D eigenvalue weighted by Gasteiger charge is 2.22. The van der Waals surface area contributed by atoms with Crippen molar-refractivity contribution < 1.29 is 4.52 Å². The summed E-state index contributed by atoms with van der Waals surface area (Å²) >= 11 is 0. The Balaban J connectivity index is 1.57. The van der Waals surface area contributed by atoms with Crippen LogP contribution >= 0.6 is 0 Å². The first-order valence-corrected chi connectivity index (χ1v) is 7.51. The third-order valence-corrected chi connectivity index (χ3v) is 4.07. The van der Waals surface area contributed by atoms with Gasteiger partial charge in [0, 0.05) is 24.9 Å². The van der Waals surface area contributed by atoms with Gasteiger partial charge in [-0.1, -0.05) is 24.4 Å². The van der Waals surface area contributed by atoms with E-state index in [1.54, 1.807) is 0 Å². The van der Waals surface area contributed by atoms with E-state index in [-0.39, 0.29) is 6.04 Å². The highest BCUT2D eigenvalue weighted by Crippen LogP contribution is 2.31. The summed E-state index contributed by atoms with van der Waals surface area (Å²) in [4.78, 5) is 7.63. The van der Waals surface area contributed by atoms with Crippen LogP contribution in [0.15, 0.2) is 23.0 Å². The standard InChI is InChI=1S/C15H22N4O/c1-11(17-10-12-7-8-16-9-12)15-18-14(19-20-15)13-5-3-2-4-6-13/h7-9,11,13,16-17H,2-6,10H2,1H3. The number of hydrogen-bond acceptors (Lipinski definition) is 4. The number of aromatic amines is 1. The van der Waals surface area contributed by atoms with Gasteiger partial charge in [0.15, 0.2) is 5.82 Å². The normalized spacial score (nSPS) is 18.2. The van der Waals surface area contributed by atoms with Gasteiger partial charge < -0.3 is 14.8 Å². The van der Waals surface area contributed by atoms with Crippen LogP contribution in [-0.4, -0.2) is 15.1 Å². The van der Waals surface area contributed by atoms with Crippen LogP contribution < -0.4 is 5.32 Å². The third kappa shape index (κ3) is 3.10. The van der Waals surface area contributed by atoms with Crippen molar-refractivity contribution in [2.75, 3.05) is 0 Å². The molecule has 0 radical (unpaired) electrons. The second-order valence-electron chi connectivity index (χ2n) is 5.65. The van der Waals surface area contributed by atoms with E-state index in [1.807, 2.05) is 12.4 Å². The summed E-state index contributed by atoms with van der Waals surface area (Å²) < 4.78 is 5.42. The molecule has 1 aliphatic carbocycles. The molecule has 20 heavy (non-hydrogen) atoms. The first-order chi connectivity index (χ1) is 9.83. The molecule has 0 aromatic carbocycles. The Morgan fingerprint density at radius 1 is 1.40 bits per heavy atom. The first kappa shape index (κ1) is 13.4. The quantitative estimate of drug-likeness (QED) is 0.878. The van der Waals surface area contributed by atoms with Crippen molar-refractivity contribution in [3.05, 3.63) is 35.7 Å². The molecule has 1 saturated carbocycles. The van der Waals surface area contributed by atoms with Gasteiger partial charge in [-0.25, -0.2) is 0 Å². The Labute approximate surface area is 119 Å². The average Bonchev–Trinajstić information content (AvgIpc) is 3.17. The predicted octanol–water partition coefficient (Wildman–Crippen LogP) is 3.30. The molecule has 2 aromatic heterocycles. The van der Waals surface area contributed by atoms with Gasteiger partial charge in [0.25, 0.3) is 0 Å². The molecule has 0 saturated heterocycles.